The van der Waals surface area contributed by atoms with E-state index in [0.29, 0.717) is 5.92 Å². The van der Waals surface area contributed by atoms with E-state index in [1.165, 1.54) is 11.1 Å². The van der Waals surface area contributed by atoms with Gasteiger partial charge in [-0.25, -0.2) is 0 Å². The number of nitrogens with one attached hydrogen (secondary N) is 1. The molecule has 1 heterocycles. The minimum Gasteiger partial charge on any atom is -0.278 e. The molecule has 0 amide bonds. The maximum atomic E-state index is 8.37. The van der Waals surface area contributed by atoms with Gasteiger partial charge < -0.3 is 0 Å². The molecule has 0 aromatic heterocycles. The van der Waals surface area contributed by atoms with E-state index in [-0.39, 0.29) is 10.8 Å². The van der Waals surface area contributed by atoms with E-state index in [9.17, 15) is 0 Å². The monoisotopic (exact) mass is 262 g/mol. The summed E-state index contributed by atoms with van der Waals surface area (Å²) in [6, 6.07) is 8.46. The van der Waals surface area contributed by atoms with Gasteiger partial charge in [0.2, 0.25) is 0 Å². The van der Waals surface area contributed by atoms with Crippen LogP contribution in [0, 0.1) is 10.2 Å². The van der Waals surface area contributed by atoms with Crippen LogP contribution in [-0.4, -0.2) is 12.0 Å². The van der Waals surface area contributed by atoms with Gasteiger partial charge in [-0.05, 0) is 17.0 Å². The lowest BCUT2D eigenvalue weighted by molar-refractivity contribution is 0.602. The van der Waals surface area contributed by atoms with Crippen molar-refractivity contribution >= 4 is 16.9 Å². The number of hydrogen-bond donors (Lipinski definition) is 1. The fraction of sp³-hybridized carbons (Fsp3) is 0.533. The molecule has 2 nitrogen and oxygen atoms in total. The molecule has 1 N–H and O–H groups in total. The second-order valence-electron chi connectivity index (χ2n) is 5.98. The standard InChI is InChI=1S/C15H22N2S/c1-11(2)12-7-5-6-8-13(12)14-17-9-15(3,4)10-18(14)16/h5-9,11,14,16H,10H2,1-4H3. The summed E-state index contributed by atoms with van der Waals surface area (Å²) in [6.45, 7) is 8.74. The van der Waals surface area contributed by atoms with Crippen molar-refractivity contribution in [1.82, 2.24) is 0 Å². The third kappa shape index (κ3) is 2.72. The highest BCUT2D eigenvalue weighted by atomic mass is 32.2. The molecule has 0 aliphatic carbocycles. The van der Waals surface area contributed by atoms with E-state index < -0.39 is 10.7 Å². The zero-order valence-electron chi connectivity index (χ0n) is 11.6. The number of rotatable bonds is 2. The molecule has 2 rings (SSSR count). The molecule has 1 aliphatic heterocycles. The van der Waals surface area contributed by atoms with Crippen LogP contribution in [0.15, 0.2) is 29.3 Å². The van der Waals surface area contributed by atoms with Gasteiger partial charge in [0, 0.05) is 17.4 Å². The predicted molar refractivity (Wildman–Crippen MR) is 80.5 cm³/mol. The van der Waals surface area contributed by atoms with Gasteiger partial charge in [0.1, 0.15) is 5.37 Å². The molecular weight excluding hydrogens is 240 g/mol. The summed E-state index contributed by atoms with van der Waals surface area (Å²) < 4.78 is 8.37. The van der Waals surface area contributed by atoms with Crippen LogP contribution in [0.5, 0.6) is 0 Å². The van der Waals surface area contributed by atoms with E-state index in [2.05, 4.69) is 57.0 Å². The summed E-state index contributed by atoms with van der Waals surface area (Å²) in [7, 11) is -0.423. The van der Waals surface area contributed by atoms with Gasteiger partial charge >= 0.3 is 0 Å². The van der Waals surface area contributed by atoms with Crippen LogP contribution < -0.4 is 0 Å². The first-order valence-corrected chi connectivity index (χ1v) is 7.90. The molecule has 98 valence electrons. The SMILES string of the molecule is CC(C)c1ccccc1C1N=CC(C)(C)CS1=N. The third-order valence-electron chi connectivity index (χ3n) is 3.24. The van der Waals surface area contributed by atoms with Crippen LogP contribution in [0.1, 0.15) is 50.1 Å². The first kappa shape index (κ1) is 13.5. The summed E-state index contributed by atoms with van der Waals surface area (Å²) in [4.78, 5) is 4.68. The highest BCUT2D eigenvalue weighted by molar-refractivity contribution is 7.86. The van der Waals surface area contributed by atoms with Gasteiger partial charge in [0.15, 0.2) is 0 Å². The summed E-state index contributed by atoms with van der Waals surface area (Å²) >= 11 is 0. The predicted octanol–water partition coefficient (Wildman–Crippen LogP) is 4.30. The highest BCUT2D eigenvalue weighted by Gasteiger charge is 2.28. The lowest BCUT2D eigenvalue weighted by Crippen LogP contribution is -2.29. The lowest BCUT2D eigenvalue weighted by atomic mass is 9.96. The van der Waals surface area contributed by atoms with Gasteiger partial charge in [0.25, 0.3) is 0 Å². The zero-order valence-corrected chi connectivity index (χ0v) is 12.4. The minimum atomic E-state index is -0.423. The van der Waals surface area contributed by atoms with Crippen molar-refractivity contribution < 1.29 is 0 Å². The molecule has 0 fully saturated rings. The van der Waals surface area contributed by atoms with Crippen LogP contribution in [0.4, 0.5) is 0 Å². The van der Waals surface area contributed by atoms with Gasteiger partial charge in [-0.2, -0.15) is 0 Å². The Morgan fingerprint density at radius 3 is 2.61 bits per heavy atom. The Hall–Kier alpha value is -0.960. The molecule has 2 atom stereocenters. The molecule has 0 radical (unpaired) electrons. The molecule has 1 aliphatic rings. The van der Waals surface area contributed by atoms with Gasteiger partial charge in [-0.15, -0.1) is 0 Å². The van der Waals surface area contributed by atoms with E-state index >= 15 is 0 Å². The third-order valence-corrected chi connectivity index (χ3v) is 5.21. The maximum absolute atomic E-state index is 8.37. The molecule has 1 aromatic carbocycles. The van der Waals surface area contributed by atoms with Crippen molar-refractivity contribution in [3.63, 3.8) is 0 Å². The smallest absolute Gasteiger partial charge is 0.130 e. The van der Waals surface area contributed by atoms with E-state index in [1.807, 2.05) is 6.21 Å². The van der Waals surface area contributed by atoms with E-state index in [4.69, 9.17) is 4.78 Å². The first-order valence-electron chi connectivity index (χ1n) is 6.45. The fourth-order valence-electron chi connectivity index (χ4n) is 2.36. The van der Waals surface area contributed by atoms with Crippen LogP contribution >= 0.6 is 0 Å². The van der Waals surface area contributed by atoms with Crippen molar-refractivity contribution in [1.29, 1.82) is 4.78 Å². The Morgan fingerprint density at radius 2 is 2.00 bits per heavy atom. The first-order chi connectivity index (χ1) is 8.41. The van der Waals surface area contributed by atoms with Crippen molar-refractivity contribution in [2.75, 3.05) is 5.75 Å². The molecule has 18 heavy (non-hydrogen) atoms. The highest BCUT2D eigenvalue weighted by Crippen LogP contribution is 2.35. The van der Waals surface area contributed by atoms with Crippen molar-refractivity contribution in [3.8, 4) is 0 Å². The van der Waals surface area contributed by atoms with Crippen LogP contribution in [0.3, 0.4) is 0 Å². The molecule has 0 bridgehead atoms. The fourth-order valence-corrected chi connectivity index (χ4v) is 4.12. The Kier molecular flexibility index (Phi) is 3.71. The molecule has 2 unspecified atom stereocenters. The topological polar surface area (TPSA) is 36.2 Å². The number of benzene rings is 1. The van der Waals surface area contributed by atoms with Gasteiger partial charge in [-0.3, -0.25) is 9.77 Å². The molecule has 0 saturated carbocycles. The van der Waals surface area contributed by atoms with Crippen molar-refractivity contribution in [2.45, 2.75) is 39.0 Å². The Morgan fingerprint density at radius 1 is 1.33 bits per heavy atom. The summed E-state index contributed by atoms with van der Waals surface area (Å²) in [6.07, 6.45) is 2.05. The summed E-state index contributed by atoms with van der Waals surface area (Å²) in [5, 5.41) is 0.0385. The Labute approximate surface area is 112 Å². The molecule has 0 spiro atoms. The average molecular weight is 262 g/mol. The van der Waals surface area contributed by atoms with E-state index in [0.717, 1.165) is 5.75 Å². The van der Waals surface area contributed by atoms with Crippen LogP contribution in [0.25, 0.3) is 0 Å². The summed E-state index contributed by atoms with van der Waals surface area (Å²) in [5.74, 6) is 1.40. The van der Waals surface area contributed by atoms with Crippen LogP contribution in [-0.2, 0) is 10.7 Å². The van der Waals surface area contributed by atoms with Crippen molar-refractivity contribution in [2.24, 2.45) is 10.4 Å². The maximum Gasteiger partial charge on any atom is 0.130 e. The van der Waals surface area contributed by atoms with Gasteiger partial charge in [-0.1, -0.05) is 62.7 Å². The Balaban J connectivity index is 2.41. The lowest BCUT2D eigenvalue weighted by Gasteiger charge is -2.30. The zero-order chi connectivity index (χ0) is 13.3. The molecule has 3 heteroatoms. The van der Waals surface area contributed by atoms with Crippen molar-refractivity contribution in [3.05, 3.63) is 35.4 Å². The molecule has 1 aromatic rings. The number of nitrogens with zero attached hydrogens (tertiary/aromatic N) is 1. The van der Waals surface area contributed by atoms with Crippen LogP contribution in [0.2, 0.25) is 0 Å². The summed E-state index contributed by atoms with van der Waals surface area (Å²) in [5.41, 5.74) is 2.66. The quantitative estimate of drug-likeness (QED) is 0.825. The van der Waals surface area contributed by atoms with Gasteiger partial charge in [0.05, 0.1) is 0 Å². The number of aliphatic imine (C=N–C) groups is 1. The Bertz CT molecular complexity index is 489. The number of hydrogen-bond acceptors (Lipinski definition) is 2. The van der Waals surface area contributed by atoms with E-state index in [1.54, 1.807) is 0 Å². The minimum absolute atomic E-state index is 0.0385. The largest absolute Gasteiger partial charge is 0.278 e. The molecule has 0 saturated heterocycles. The second-order valence-corrected chi connectivity index (χ2v) is 7.57. The molecular formula is C15H22N2S. The second kappa shape index (κ2) is 4.96. The normalized spacial score (nSPS) is 26.5. The average Bonchev–Trinajstić information content (AvgIpc) is 2.28.